The van der Waals surface area contributed by atoms with Crippen molar-refractivity contribution in [2.24, 2.45) is 0 Å². The third-order valence-electron chi connectivity index (χ3n) is 2.78. The van der Waals surface area contributed by atoms with Crippen LogP contribution in [0.15, 0.2) is 30.3 Å². The lowest BCUT2D eigenvalue weighted by atomic mass is 10.2. The number of phenols is 2. The maximum Gasteiger partial charge on any atom is 0.335 e. The highest BCUT2D eigenvalue weighted by molar-refractivity contribution is 5.94. The van der Waals surface area contributed by atoms with E-state index in [1.165, 1.54) is 24.3 Å². The number of carboxylic acid groups (broad SMARTS) is 1. The van der Waals surface area contributed by atoms with Crippen LogP contribution in [0.5, 0.6) is 11.5 Å². The molecule has 0 spiro atoms. The van der Waals surface area contributed by atoms with Crippen LogP contribution in [0.2, 0.25) is 0 Å². The van der Waals surface area contributed by atoms with Gasteiger partial charge in [0.05, 0.1) is 27.6 Å². The van der Waals surface area contributed by atoms with E-state index < -0.39 is 5.97 Å². The molecule has 6 heteroatoms. The molecule has 1 aromatic heterocycles. The van der Waals surface area contributed by atoms with Gasteiger partial charge in [-0.25, -0.2) is 14.8 Å². The molecule has 94 valence electrons. The number of carboxylic acids is 1. The Hall–Kier alpha value is -2.89. The maximum absolute atomic E-state index is 10.9. The van der Waals surface area contributed by atoms with E-state index in [1.54, 1.807) is 6.07 Å². The molecule has 0 aliphatic carbocycles. The number of carbonyl (C=O) groups is 1. The summed E-state index contributed by atoms with van der Waals surface area (Å²) in [7, 11) is 0. The molecule has 2 aromatic carbocycles. The van der Waals surface area contributed by atoms with Gasteiger partial charge in [0.1, 0.15) is 0 Å². The molecule has 0 fully saturated rings. The topological polar surface area (TPSA) is 104 Å². The minimum Gasteiger partial charge on any atom is -0.504 e. The number of hydrogen-bond acceptors (Lipinski definition) is 5. The molecule has 0 saturated heterocycles. The van der Waals surface area contributed by atoms with Crippen LogP contribution in [0, 0.1) is 0 Å². The highest BCUT2D eigenvalue weighted by Gasteiger charge is 2.09. The van der Waals surface area contributed by atoms with Gasteiger partial charge in [-0.05, 0) is 18.2 Å². The lowest BCUT2D eigenvalue weighted by molar-refractivity contribution is 0.0697. The van der Waals surface area contributed by atoms with Crippen molar-refractivity contribution in [3.05, 3.63) is 35.9 Å². The molecule has 1 heterocycles. The average molecular weight is 256 g/mol. The van der Waals surface area contributed by atoms with Crippen LogP contribution in [-0.4, -0.2) is 31.3 Å². The van der Waals surface area contributed by atoms with Crippen molar-refractivity contribution >= 4 is 28.0 Å². The standard InChI is InChI=1S/C13H8N2O4/c16-11-4-9-10(5-12(11)17)15-8-3-6(13(18)19)1-2-7(8)14-9/h1-5,16-17H,(H,18,19). The Bertz CT molecular complexity index is 830. The first-order chi connectivity index (χ1) is 9.04. The number of phenolic OH excluding ortho intramolecular Hbond substituents is 2. The van der Waals surface area contributed by atoms with E-state index >= 15 is 0 Å². The fraction of sp³-hybridized carbons (Fsp3) is 0. The van der Waals surface area contributed by atoms with Gasteiger partial charge in [-0.15, -0.1) is 0 Å². The van der Waals surface area contributed by atoms with Crippen LogP contribution >= 0.6 is 0 Å². The van der Waals surface area contributed by atoms with E-state index in [2.05, 4.69) is 9.97 Å². The lowest BCUT2D eigenvalue weighted by Gasteiger charge is -2.04. The van der Waals surface area contributed by atoms with Gasteiger partial charge in [0, 0.05) is 12.1 Å². The highest BCUT2D eigenvalue weighted by Crippen LogP contribution is 2.29. The van der Waals surface area contributed by atoms with E-state index in [-0.39, 0.29) is 17.1 Å². The summed E-state index contributed by atoms with van der Waals surface area (Å²) < 4.78 is 0. The van der Waals surface area contributed by atoms with Crippen molar-refractivity contribution in [3.63, 3.8) is 0 Å². The Balaban J connectivity index is 2.35. The summed E-state index contributed by atoms with van der Waals surface area (Å²) in [6.07, 6.45) is 0. The first-order valence-electron chi connectivity index (χ1n) is 5.41. The fourth-order valence-corrected chi connectivity index (χ4v) is 1.83. The van der Waals surface area contributed by atoms with Gasteiger partial charge in [0.2, 0.25) is 0 Å². The summed E-state index contributed by atoms with van der Waals surface area (Å²) in [4.78, 5) is 19.4. The molecule has 0 bridgehead atoms. The summed E-state index contributed by atoms with van der Waals surface area (Å²) in [5.41, 5.74) is 1.85. The average Bonchev–Trinajstić information content (AvgIpc) is 2.37. The smallest absolute Gasteiger partial charge is 0.335 e. The van der Waals surface area contributed by atoms with Crippen LogP contribution in [0.1, 0.15) is 10.4 Å². The molecule has 0 radical (unpaired) electrons. The van der Waals surface area contributed by atoms with Crippen molar-refractivity contribution in [1.29, 1.82) is 0 Å². The molecular weight excluding hydrogens is 248 g/mol. The number of aromatic hydroxyl groups is 2. The zero-order chi connectivity index (χ0) is 13.6. The Labute approximate surface area is 106 Å². The molecule has 0 atom stereocenters. The van der Waals surface area contributed by atoms with Crippen molar-refractivity contribution < 1.29 is 20.1 Å². The molecule has 0 aliphatic heterocycles. The number of benzene rings is 2. The molecule has 0 saturated carbocycles. The second-order valence-corrected chi connectivity index (χ2v) is 4.06. The highest BCUT2D eigenvalue weighted by atomic mass is 16.4. The van der Waals surface area contributed by atoms with E-state index in [9.17, 15) is 15.0 Å². The lowest BCUT2D eigenvalue weighted by Crippen LogP contribution is -1.97. The molecule has 3 aromatic rings. The molecule has 19 heavy (non-hydrogen) atoms. The molecule has 0 aliphatic rings. The quantitative estimate of drug-likeness (QED) is 0.453. The summed E-state index contributed by atoms with van der Waals surface area (Å²) in [6, 6.07) is 6.99. The number of nitrogens with zero attached hydrogens (tertiary/aromatic N) is 2. The predicted molar refractivity (Wildman–Crippen MR) is 67.3 cm³/mol. The molecule has 3 N–H and O–H groups in total. The van der Waals surface area contributed by atoms with Gasteiger partial charge in [-0.3, -0.25) is 0 Å². The summed E-state index contributed by atoms with van der Waals surface area (Å²) >= 11 is 0. The zero-order valence-electron chi connectivity index (χ0n) is 9.53. The SMILES string of the molecule is O=C(O)c1ccc2nc3cc(O)c(O)cc3nc2c1. The van der Waals surface area contributed by atoms with E-state index in [1.807, 2.05) is 0 Å². The van der Waals surface area contributed by atoms with E-state index in [0.29, 0.717) is 22.1 Å². The van der Waals surface area contributed by atoms with Crippen molar-refractivity contribution in [1.82, 2.24) is 9.97 Å². The molecule has 3 rings (SSSR count). The van der Waals surface area contributed by atoms with Gasteiger partial charge in [0.25, 0.3) is 0 Å². The van der Waals surface area contributed by atoms with Gasteiger partial charge in [-0.2, -0.15) is 0 Å². The van der Waals surface area contributed by atoms with Crippen molar-refractivity contribution in [2.75, 3.05) is 0 Å². The van der Waals surface area contributed by atoms with Crippen LogP contribution in [-0.2, 0) is 0 Å². The fourth-order valence-electron chi connectivity index (χ4n) is 1.83. The van der Waals surface area contributed by atoms with E-state index in [0.717, 1.165) is 0 Å². The number of aromatic carboxylic acids is 1. The Morgan fingerprint density at radius 2 is 1.37 bits per heavy atom. The number of hydrogen-bond donors (Lipinski definition) is 3. The monoisotopic (exact) mass is 256 g/mol. The second kappa shape index (κ2) is 3.81. The van der Waals surface area contributed by atoms with Crippen molar-refractivity contribution in [2.45, 2.75) is 0 Å². The maximum atomic E-state index is 10.9. The normalized spacial score (nSPS) is 10.9. The molecule has 0 amide bonds. The first-order valence-corrected chi connectivity index (χ1v) is 5.41. The van der Waals surface area contributed by atoms with Crippen molar-refractivity contribution in [3.8, 4) is 11.5 Å². The minimum absolute atomic E-state index is 0.115. The van der Waals surface area contributed by atoms with Gasteiger partial charge < -0.3 is 15.3 Å². The third-order valence-corrected chi connectivity index (χ3v) is 2.78. The number of rotatable bonds is 1. The first kappa shape index (κ1) is 11.2. The molecular formula is C13H8N2O4. The zero-order valence-corrected chi connectivity index (χ0v) is 9.53. The summed E-state index contributed by atoms with van der Waals surface area (Å²) in [5, 5.41) is 27.7. The summed E-state index contributed by atoms with van der Waals surface area (Å²) in [6.45, 7) is 0. The Morgan fingerprint density at radius 3 is 1.95 bits per heavy atom. The number of fused-ring (bicyclic) bond motifs is 2. The Kier molecular flexibility index (Phi) is 2.25. The van der Waals surface area contributed by atoms with Gasteiger partial charge >= 0.3 is 5.97 Å². The van der Waals surface area contributed by atoms with Gasteiger partial charge in [0.15, 0.2) is 11.5 Å². The second-order valence-electron chi connectivity index (χ2n) is 4.06. The van der Waals surface area contributed by atoms with E-state index in [4.69, 9.17) is 5.11 Å². The van der Waals surface area contributed by atoms with Crippen LogP contribution in [0.3, 0.4) is 0 Å². The minimum atomic E-state index is -1.04. The van der Waals surface area contributed by atoms with Crippen LogP contribution in [0.25, 0.3) is 22.1 Å². The van der Waals surface area contributed by atoms with Crippen LogP contribution < -0.4 is 0 Å². The Morgan fingerprint density at radius 1 is 0.842 bits per heavy atom. The number of aromatic nitrogens is 2. The van der Waals surface area contributed by atoms with Crippen LogP contribution in [0.4, 0.5) is 0 Å². The largest absolute Gasteiger partial charge is 0.504 e. The molecule has 0 unspecified atom stereocenters. The predicted octanol–water partition coefficient (Wildman–Crippen LogP) is 1.89. The molecule has 6 nitrogen and oxygen atoms in total. The third kappa shape index (κ3) is 1.79. The van der Waals surface area contributed by atoms with Gasteiger partial charge in [-0.1, -0.05) is 0 Å². The summed E-state index contributed by atoms with van der Waals surface area (Å²) in [5.74, 6) is -1.61.